The molecule has 0 heterocycles. The second kappa shape index (κ2) is 5.78. The highest BCUT2D eigenvalue weighted by molar-refractivity contribution is 9.10. The molecule has 1 aromatic carbocycles. The van der Waals surface area contributed by atoms with Crippen LogP contribution in [0.2, 0.25) is 0 Å². The van der Waals surface area contributed by atoms with Gasteiger partial charge in [-0.15, -0.1) is 0 Å². The predicted octanol–water partition coefficient (Wildman–Crippen LogP) is 3.77. The molecule has 16 heavy (non-hydrogen) atoms. The lowest BCUT2D eigenvalue weighted by Gasteiger charge is -2.24. The van der Waals surface area contributed by atoms with Gasteiger partial charge in [-0.1, -0.05) is 35.8 Å². The first-order chi connectivity index (χ1) is 7.44. The Morgan fingerprint density at radius 2 is 2.06 bits per heavy atom. The quantitative estimate of drug-likeness (QED) is 0.869. The summed E-state index contributed by atoms with van der Waals surface area (Å²) in [5.74, 6) is -0.119. The van der Waals surface area contributed by atoms with E-state index in [1.54, 1.807) is 0 Å². The monoisotopic (exact) mass is 287 g/mol. The summed E-state index contributed by atoms with van der Waals surface area (Å²) >= 11 is 3.27. The molecular weight excluding hydrogens is 269 g/mol. The third kappa shape index (κ3) is 4.22. The first-order valence-corrected chi connectivity index (χ1v) is 6.32. The lowest BCUT2D eigenvalue weighted by Crippen LogP contribution is -2.22. The van der Waals surface area contributed by atoms with Crippen molar-refractivity contribution in [2.75, 3.05) is 13.6 Å². The first-order valence-electron chi connectivity index (χ1n) is 5.53. The zero-order chi connectivity index (χ0) is 12.2. The van der Waals surface area contributed by atoms with E-state index in [4.69, 9.17) is 0 Å². The van der Waals surface area contributed by atoms with Crippen molar-refractivity contribution >= 4 is 15.9 Å². The van der Waals surface area contributed by atoms with Gasteiger partial charge in [0.15, 0.2) is 0 Å². The molecular formula is C13H19BrFN. The molecule has 0 amide bonds. The highest BCUT2D eigenvalue weighted by Crippen LogP contribution is 2.27. The SMILES string of the molecule is CNCCC(C)(C)Cc1ccc(Br)cc1F. The van der Waals surface area contributed by atoms with Crippen LogP contribution in [0.25, 0.3) is 0 Å². The normalized spacial score (nSPS) is 11.8. The number of hydrogen-bond acceptors (Lipinski definition) is 1. The largest absolute Gasteiger partial charge is 0.320 e. The maximum atomic E-state index is 13.7. The van der Waals surface area contributed by atoms with E-state index in [9.17, 15) is 4.39 Å². The molecule has 0 fully saturated rings. The van der Waals surface area contributed by atoms with E-state index >= 15 is 0 Å². The Kier molecular flexibility index (Phi) is 4.93. The van der Waals surface area contributed by atoms with Crippen LogP contribution in [0.5, 0.6) is 0 Å². The molecule has 0 unspecified atom stereocenters. The van der Waals surface area contributed by atoms with Crippen molar-refractivity contribution in [3.05, 3.63) is 34.1 Å². The topological polar surface area (TPSA) is 12.0 Å². The summed E-state index contributed by atoms with van der Waals surface area (Å²) in [4.78, 5) is 0. The molecule has 0 aliphatic heterocycles. The fourth-order valence-electron chi connectivity index (χ4n) is 1.73. The molecule has 0 aromatic heterocycles. The van der Waals surface area contributed by atoms with Crippen molar-refractivity contribution in [1.29, 1.82) is 0 Å². The summed E-state index contributed by atoms with van der Waals surface area (Å²) in [5.41, 5.74) is 0.918. The van der Waals surface area contributed by atoms with Gasteiger partial charge in [0.2, 0.25) is 0 Å². The fraction of sp³-hybridized carbons (Fsp3) is 0.538. The minimum atomic E-state index is -0.119. The Bertz CT molecular complexity index is 350. The van der Waals surface area contributed by atoms with Gasteiger partial charge < -0.3 is 5.32 Å². The maximum Gasteiger partial charge on any atom is 0.127 e. The molecule has 90 valence electrons. The fourth-order valence-corrected chi connectivity index (χ4v) is 2.07. The van der Waals surface area contributed by atoms with Gasteiger partial charge in [-0.25, -0.2) is 4.39 Å². The standard InChI is InChI=1S/C13H19BrFN/c1-13(2,6-7-16-3)9-10-4-5-11(14)8-12(10)15/h4-5,8,16H,6-7,9H2,1-3H3. The summed E-state index contributed by atoms with van der Waals surface area (Å²) in [6.07, 6.45) is 1.81. The van der Waals surface area contributed by atoms with E-state index in [1.165, 1.54) is 6.07 Å². The van der Waals surface area contributed by atoms with Crippen LogP contribution >= 0.6 is 15.9 Å². The highest BCUT2D eigenvalue weighted by atomic mass is 79.9. The minimum absolute atomic E-state index is 0.119. The van der Waals surface area contributed by atoms with Crippen molar-refractivity contribution in [2.45, 2.75) is 26.7 Å². The van der Waals surface area contributed by atoms with Crippen molar-refractivity contribution in [2.24, 2.45) is 5.41 Å². The van der Waals surface area contributed by atoms with Gasteiger partial charge in [0.1, 0.15) is 5.82 Å². The molecule has 0 saturated heterocycles. The Hall–Kier alpha value is -0.410. The molecule has 0 saturated carbocycles. The van der Waals surface area contributed by atoms with Gasteiger partial charge in [-0.05, 0) is 49.5 Å². The summed E-state index contributed by atoms with van der Waals surface area (Å²) in [6, 6.07) is 5.29. The average molecular weight is 288 g/mol. The predicted molar refractivity (Wildman–Crippen MR) is 70.1 cm³/mol. The number of rotatable bonds is 5. The Balaban J connectivity index is 2.71. The van der Waals surface area contributed by atoms with Gasteiger partial charge in [-0.3, -0.25) is 0 Å². The second-order valence-corrected chi connectivity index (χ2v) is 5.85. The van der Waals surface area contributed by atoms with E-state index in [-0.39, 0.29) is 11.2 Å². The number of halogens is 2. The molecule has 0 radical (unpaired) electrons. The van der Waals surface area contributed by atoms with E-state index in [0.717, 1.165) is 29.4 Å². The molecule has 3 heteroatoms. The van der Waals surface area contributed by atoms with Crippen LogP contribution in [0.1, 0.15) is 25.8 Å². The van der Waals surface area contributed by atoms with Gasteiger partial charge >= 0.3 is 0 Å². The highest BCUT2D eigenvalue weighted by Gasteiger charge is 2.19. The summed E-state index contributed by atoms with van der Waals surface area (Å²) in [5, 5.41) is 3.13. The van der Waals surface area contributed by atoms with Crippen molar-refractivity contribution in [3.63, 3.8) is 0 Å². The second-order valence-electron chi connectivity index (χ2n) is 4.93. The van der Waals surface area contributed by atoms with E-state index in [2.05, 4.69) is 35.1 Å². The van der Waals surface area contributed by atoms with Gasteiger partial charge in [-0.2, -0.15) is 0 Å². The van der Waals surface area contributed by atoms with E-state index in [1.807, 2.05) is 19.2 Å². The molecule has 1 N–H and O–H groups in total. The average Bonchev–Trinajstić information content (AvgIpc) is 2.19. The molecule has 0 aliphatic rings. The lowest BCUT2D eigenvalue weighted by atomic mass is 9.82. The van der Waals surface area contributed by atoms with Crippen molar-refractivity contribution in [3.8, 4) is 0 Å². The van der Waals surface area contributed by atoms with Crippen LogP contribution in [0, 0.1) is 11.2 Å². The van der Waals surface area contributed by atoms with E-state index in [0.29, 0.717) is 0 Å². The van der Waals surface area contributed by atoms with Crippen molar-refractivity contribution < 1.29 is 4.39 Å². The van der Waals surface area contributed by atoms with Gasteiger partial charge in [0, 0.05) is 4.47 Å². The van der Waals surface area contributed by atoms with Crippen LogP contribution in [0.3, 0.4) is 0 Å². The van der Waals surface area contributed by atoms with Crippen LogP contribution in [-0.2, 0) is 6.42 Å². The molecule has 0 spiro atoms. The molecule has 1 rings (SSSR count). The van der Waals surface area contributed by atoms with Crippen LogP contribution in [-0.4, -0.2) is 13.6 Å². The van der Waals surface area contributed by atoms with Gasteiger partial charge in [0.25, 0.3) is 0 Å². The Morgan fingerprint density at radius 1 is 1.38 bits per heavy atom. The summed E-state index contributed by atoms with van der Waals surface area (Å²) in [6.45, 7) is 5.31. The van der Waals surface area contributed by atoms with Crippen LogP contribution in [0.4, 0.5) is 4.39 Å². The molecule has 0 bridgehead atoms. The molecule has 1 aromatic rings. The Labute approximate surface area is 106 Å². The smallest absolute Gasteiger partial charge is 0.127 e. The lowest BCUT2D eigenvalue weighted by molar-refractivity contribution is 0.325. The zero-order valence-electron chi connectivity index (χ0n) is 10.1. The number of nitrogens with one attached hydrogen (secondary N) is 1. The van der Waals surface area contributed by atoms with Crippen LogP contribution < -0.4 is 5.32 Å². The molecule has 1 nitrogen and oxygen atoms in total. The van der Waals surface area contributed by atoms with Crippen molar-refractivity contribution in [1.82, 2.24) is 5.32 Å². The third-order valence-electron chi connectivity index (χ3n) is 2.74. The zero-order valence-corrected chi connectivity index (χ0v) is 11.7. The number of hydrogen-bond donors (Lipinski definition) is 1. The molecule has 0 aliphatic carbocycles. The summed E-state index contributed by atoms with van der Waals surface area (Å²) < 4.78 is 14.5. The third-order valence-corrected chi connectivity index (χ3v) is 3.23. The first kappa shape index (κ1) is 13.7. The Morgan fingerprint density at radius 3 is 2.62 bits per heavy atom. The number of benzene rings is 1. The van der Waals surface area contributed by atoms with Gasteiger partial charge in [0.05, 0.1) is 0 Å². The maximum absolute atomic E-state index is 13.7. The summed E-state index contributed by atoms with van der Waals surface area (Å²) in [7, 11) is 1.94. The van der Waals surface area contributed by atoms with E-state index < -0.39 is 0 Å². The van der Waals surface area contributed by atoms with Crippen LogP contribution in [0.15, 0.2) is 22.7 Å². The minimum Gasteiger partial charge on any atom is -0.320 e. The molecule has 0 atom stereocenters.